The predicted octanol–water partition coefficient (Wildman–Crippen LogP) is 2.29. The monoisotopic (exact) mass is 445 g/mol. The number of piperazine rings is 1. The molecule has 1 aromatic heterocycles. The molecule has 3 heterocycles. The van der Waals surface area contributed by atoms with E-state index in [1.807, 2.05) is 25.7 Å². The number of nitrogens with one attached hydrogen (secondary N) is 1. The van der Waals surface area contributed by atoms with Crippen LogP contribution in [-0.2, 0) is 21.4 Å². The van der Waals surface area contributed by atoms with Gasteiger partial charge in [0.05, 0.1) is 22.8 Å². The van der Waals surface area contributed by atoms with Crippen LogP contribution in [0, 0.1) is 5.82 Å². The molecule has 0 radical (unpaired) electrons. The summed E-state index contributed by atoms with van der Waals surface area (Å²) in [6, 6.07) is 3.02. The van der Waals surface area contributed by atoms with Crippen LogP contribution in [-0.4, -0.2) is 64.4 Å². The number of aromatic nitrogens is 2. The lowest BCUT2D eigenvalue weighted by atomic mass is 9.92. The number of carbonyl (C=O) groups excluding carboxylic acids is 3. The molecule has 10 heteroatoms. The quantitative estimate of drug-likeness (QED) is 0.713. The number of piperidine rings is 1. The number of hydrogen-bond donors (Lipinski definition) is 1. The number of anilines is 1. The van der Waals surface area contributed by atoms with E-state index < -0.39 is 11.5 Å². The van der Waals surface area contributed by atoms with E-state index in [0.29, 0.717) is 54.9 Å². The highest BCUT2D eigenvalue weighted by atomic mass is 19.1. The van der Waals surface area contributed by atoms with Gasteiger partial charge in [0.1, 0.15) is 11.4 Å². The first-order chi connectivity index (χ1) is 15.0. The summed E-state index contributed by atoms with van der Waals surface area (Å²) in [5.41, 5.74) is 0.962. The summed E-state index contributed by atoms with van der Waals surface area (Å²) in [5.74, 6) is -1.61. The zero-order valence-corrected chi connectivity index (χ0v) is 18.8. The highest BCUT2D eigenvalue weighted by Gasteiger charge is 2.34. The van der Waals surface area contributed by atoms with Crippen molar-refractivity contribution in [2.75, 3.05) is 31.1 Å². The summed E-state index contributed by atoms with van der Waals surface area (Å²) in [5, 5.41) is 7.59. The molecule has 2 aliphatic heterocycles. The van der Waals surface area contributed by atoms with E-state index in [4.69, 9.17) is 4.74 Å². The Morgan fingerprint density at radius 2 is 1.88 bits per heavy atom. The van der Waals surface area contributed by atoms with Gasteiger partial charge in [-0.25, -0.2) is 9.18 Å². The molecule has 32 heavy (non-hydrogen) atoms. The second-order valence-corrected chi connectivity index (χ2v) is 9.26. The molecule has 1 atom stereocenters. The number of hydrogen-bond acceptors (Lipinski definition) is 6. The summed E-state index contributed by atoms with van der Waals surface area (Å²) < 4.78 is 22.1. The Morgan fingerprint density at radius 3 is 2.50 bits per heavy atom. The molecule has 2 aliphatic rings. The van der Waals surface area contributed by atoms with Gasteiger partial charge < -0.3 is 14.5 Å². The van der Waals surface area contributed by atoms with E-state index in [-0.39, 0.29) is 30.1 Å². The average Bonchev–Trinajstić information content (AvgIpc) is 3.03. The van der Waals surface area contributed by atoms with Crippen molar-refractivity contribution in [2.24, 2.45) is 7.05 Å². The second kappa shape index (κ2) is 8.07. The van der Waals surface area contributed by atoms with Crippen LogP contribution in [0.4, 0.5) is 14.9 Å². The fourth-order valence-corrected chi connectivity index (χ4v) is 4.31. The SMILES string of the molecule is Cn1nc(C2CCC(=O)NC2=O)c2ccc(F)c(N3CCN(C(=O)OC(C)(C)C)CC3)c21. The Kier molecular flexibility index (Phi) is 5.56. The van der Waals surface area contributed by atoms with Gasteiger partial charge in [-0.2, -0.15) is 5.10 Å². The maximum absolute atomic E-state index is 15.0. The molecule has 1 N–H and O–H groups in total. The van der Waals surface area contributed by atoms with Crippen molar-refractivity contribution < 1.29 is 23.5 Å². The highest BCUT2D eigenvalue weighted by molar-refractivity contribution is 6.03. The van der Waals surface area contributed by atoms with E-state index >= 15 is 4.39 Å². The molecule has 0 spiro atoms. The Morgan fingerprint density at radius 1 is 1.19 bits per heavy atom. The maximum Gasteiger partial charge on any atom is 0.410 e. The first kappa shape index (κ1) is 22.0. The fourth-order valence-electron chi connectivity index (χ4n) is 4.31. The number of imide groups is 1. The standard InChI is InChI=1S/C22H28FN5O4/c1-22(2,3)32-21(31)28-11-9-27(10-12-28)19-15(23)7-5-13-17(25-26(4)18(13)19)14-6-8-16(29)24-20(14)30/h5,7,14H,6,8-12H2,1-4H3,(H,24,29,30). The normalized spacial score (nSPS) is 20.0. The second-order valence-electron chi connectivity index (χ2n) is 9.26. The number of rotatable bonds is 2. The Labute approximate surface area is 185 Å². The molecule has 4 rings (SSSR count). The minimum absolute atomic E-state index is 0.245. The Balaban J connectivity index is 1.61. The van der Waals surface area contributed by atoms with Gasteiger partial charge in [0.25, 0.3) is 0 Å². The third-order valence-corrected chi connectivity index (χ3v) is 5.78. The van der Waals surface area contributed by atoms with Gasteiger partial charge in [0, 0.05) is 45.0 Å². The lowest BCUT2D eigenvalue weighted by molar-refractivity contribution is -0.134. The van der Waals surface area contributed by atoms with Crippen LogP contribution in [0.2, 0.25) is 0 Å². The van der Waals surface area contributed by atoms with Gasteiger partial charge in [-0.1, -0.05) is 0 Å². The molecular formula is C22H28FN5O4. The summed E-state index contributed by atoms with van der Waals surface area (Å²) in [7, 11) is 1.72. The number of halogens is 1. The molecule has 0 aliphatic carbocycles. The molecule has 9 nitrogen and oxygen atoms in total. The van der Waals surface area contributed by atoms with E-state index in [9.17, 15) is 14.4 Å². The predicted molar refractivity (Wildman–Crippen MR) is 116 cm³/mol. The molecular weight excluding hydrogens is 417 g/mol. The first-order valence-corrected chi connectivity index (χ1v) is 10.8. The Bertz CT molecular complexity index is 1080. The van der Waals surface area contributed by atoms with E-state index in [1.165, 1.54) is 6.07 Å². The molecule has 3 amide bonds. The van der Waals surface area contributed by atoms with Crippen LogP contribution in [0.5, 0.6) is 0 Å². The van der Waals surface area contributed by atoms with E-state index in [0.717, 1.165) is 0 Å². The van der Waals surface area contributed by atoms with Crippen LogP contribution in [0.15, 0.2) is 12.1 Å². The van der Waals surface area contributed by atoms with Crippen molar-refractivity contribution in [2.45, 2.75) is 45.1 Å². The van der Waals surface area contributed by atoms with Gasteiger partial charge in [-0.15, -0.1) is 0 Å². The summed E-state index contributed by atoms with van der Waals surface area (Å²) in [6.45, 7) is 7.15. The van der Waals surface area contributed by atoms with Gasteiger partial charge in [-0.05, 0) is 39.3 Å². The zero-order chi connectivity index (χ0) is 23.2. The van der Waals surface area contributed by atoms with Crippen molar-refractivity contribution >= 4 is 34.5 Å². The molecule has 2 saturated heterocycles. The third kappa shape index (κ3) is 4.13. The summed E-state index contributed by atoms with van der Waals surface area (Å²) >= 11 is 0. The number of carbonyl (C=O) groups is 3. The van der Waals surface area contributed by atoms with Crippen LogP contribution in [0.25, 0.3) is 10.9 Å². The van der Waals surface area contributed by atoms with Crippen LogP contribution >= 0.6 is 0 Å². The van der Waals surface area contributed by atoms with E-state index in [2.05, 4.69) is 10.4 Å². The van der Waals surface area contributed by atoms with Gasteiger partial charge >= 0.3 is 6.09 Å². The minimum atomic E-state index is -0.576. The fraction of sp³-hybridized carbons (Fsp3) is 0.545. The van der Waals surface area contributed by atoms with Crippen LogP contribution in [0.1, 0.15) is 45.2 Å². The van der Waals surface area contributed by atoms with Crippen molar-refractivity contribution in [3.8, 4) is 0 Å². The van der Waals surface area contributed by atoms with Gasteiger partial charge in [0.15, 0.2) is 0 Å². The van der Waals surface area contributed by atoms with Crippen LogP contribution < -0.4 is 10.2 Å². The van der Waals surface area contributed by atoms with Gasteiger partial charge in [0.2, 0.25) is 11.8 Å². The van der Waals surface area contributed by atoms with Crippen LogP contribution in [0.3, 0.4) is 0 Å². The summed E-state index contributed by atoms with van der Waals surface area (Å²) in [4.78, 5) is 39.8. The third-order valence-electron chi connectivity index (χ3n) is 5.78. The molecule has 172 valence electrons. The minimum Gasteiger partial charge on any atom is -0.444 e. The molecule has 1 unspecified atom stereocenters. The smallest absolute Gasteiger partial charge is 0.410 e. The van der Waals surface area contributed by atoms with E-state index in [1.54, 1.807) is 22.7 Å². The first-order valence-electron chi connectivity index (χ1n) is 10.8. The highest BCUT2D eigenvalue weighted by Crippen LogP contribution is 2.36. The largest absolute Gasteiger partial charge is 0.444 e. The Hall–Kier alpha value is -3.17. The lowest BCUT2D eigenvalue weighted by Gasteiger charge is -2.37. The van der Waals surface area contributed by atoms with Crippen molar-refractivity contribution in [1.29, 1.82) is 0 Å². The molecule has 2 fully saturated rings. The van der Waals surface area contributed by atoms with Crippen molar-refractivity contribution in [3.63, 3.8) is 0 Å². The number of ether oxygens (including phenoxy) is 1. The molecule has 0 saturated carbocycles. The number of aryl methyl sites for hydroxylation is 1. The lowest BCUT2D eigenvalue weighted by Crippen LogP contribution is -2.50. The maximum atomic E-state index is 15.0. The zero-order valence-electron chi connectivity index (χ0n) is 18.8. The number of fused-ring (bicyclic) bond motifs is 1. The average molecular weight is 445 g/mol. The molecule has 1 aromatic carbocycles. The van der Waals surface area contributed by atoms with Crippen molar-refractivity contribution in [1.82, 2.24) is 20.0 Å². The topological polar surface area (TPSA) is 96.8 Å². The number of amides is 3. The number of benzene rings is 1. The van der Waals surface area contributed by atoms with Gasteiger partial charge in [-0.3, -0.25) is 19.6 Å². The van der Waals surface area contributed by atoms with Crippen molar-refractivity contribution in [3.05, 3.63) is 23.6 Å². The summed E-state index contributed by atoms with van der Waals surface area (Å²) in [6.07, 6.45) is 0.240. The molecule has 2 aromatic rings. The number of nitrogens with zero attached hydrogens (tertiary/aromatic N) is 4. The molecule has 0 bridgehead atoms.